The fourth-order valence-corrected chi connectivity index (χ4v) is 8.78. The minimum Gasteiger partial charge on any atom is -0.462 e. The molecule has 75 heavy (non-hydrogen) atoms. The lowest BCUT2D eigenvalue weighted by Gasteiger charge is -2.18. The Morgan fingerprint density at radius 3 is 0.867 bits per heavy atom. The van der Waals surface area contributed by atoms with Gasteiger partial charge in [-0.15, -0.1) is 0 Å². The summed E-state index contributed by atoms with van der Waals surface area (Å²) in [6.45, 7) is 6.46. The van der Waals surface area contributed by atoms with Crippen molar-refractivity contribution in [3.05, 3.63) is 97.2 Å². The molecule has 6 nitrogen and oxygen atoms in total. The number of ether oxygens (including phenoxy) is 3. The van der Waals surface area contributed by atoms with Crippen molar-refractivity contribution in [1.82, 2.24) is 0 Å². The summed E-state index contributed by atoms with van der Waals surface area (Å²) < 4.78 is 16.9. The molecule has 6 heteroatoms. The molecule has 0 heterocycles. The van der Waals surface area contributed by atoms with Gasteiger partial charge in [0, 0.05) is 19.3 Å². The molecule has 0 saturated heterocycles. The summed E-state index contributed by atoms with van der Waals surface area (Å²) in [5.41, 5.74) is 0. The molecule has 1 atom stereocenters. The Bertz CT molecular complexity index is 1480. The zero-order valence-electron chi connectivity index (χ0n) is 49.3. The first kappa shape index (κ1) is 71.3. The zero-order valence-corrected chi connectivity index (χ0v) is 49.3. The van der Waals surface area contributed by atoms with Crippen molar-refractivity contribution >= 4 is 17.9 Å². The van der Waals surface area contributed by atoms with Crippen LogP contribution in [0.3, 0.4) is 0 Å². The smallest absolute Gasteiger partial charge is 0.306 e. The average molecular weight is 1040 g/mol. The third-order valence-corrected chi connectivity index (χ3v) is 13.5. The van der Waals surface area contributed by atoms with Gasteiger partial charge in [-0.1, -0.05) is 266 Å². The van der Waals surface area contributed by atoms with Crippen LogP contribution in [0.2, 0.25) is 0 Å². The summed E-state index contributed by atoms with van der Waals surface area (Å²) in [4.78, 5) is 38.2. The van der Waals surface area contributed by atoms with Gasteiger partial charge in [0.15, 0.2) is 6.10 Å². The molecule has 1 unspecified atom stereocenters. The van der Waals surface area contributed by atoms with Gasteiger partial charge in [-0.2, -0.15) is 0 Å². The van der Waals surface area contributed by atoms with Gasteiger partial charge in [-0.05, 0) is 116 Å². The first-order chi connectivity index (χ1) is 37.0. The number of esters is 3. The largest absolute Gasteiger partial charge is 0.462 e. The van der Waals surface area contributed by atoms with Crippen LogP contribution < -0.4 is 0 Å². The molecular weight excluding hydrogens is 925 g/mol. The van der Waals surface area contributed by atoms with Crippen molar-refractivity contribution in [3.63, 3.8) is 0 Å². The van der Waals surface area contributed by atoms with E-state index in [4.69, 9.17) is 14.2 Å². The van der Waals surface area contributed by atoms with E-state index in [1.807, 2.05) is 0 Å². The van der Waals surface area contributed by atoms with Crippen molar-refractivity contribution in [2.75, 3.05) is 13.2 Å². The van der Waals surface area contributed by atoms with Gasteiger partial charge in [0.05, 0.1) is 0 Å². The molecule has 0 aromatic heterocycles. The molecule has 0 amide bonds. The number of rotatable bonds is 57. The van der Waals surface area contributed by atoms with E-state index in [0.29, 0.717) is 19.3 Å². The van der Waals surface area contributed by atoms with Crippen LogP contribution in [0.25, 0.3) is 0 Å². The maximum atomic E-state index is 12.8. The van der Waals surface area contributed by atoms with E-state index in [9.17, 15) is 14.4 Å². The lowest BCUT2D eigenvalue weighted by molar-refractivity contribution is -0.167. The fraction of sp³-hybridized carbons (Fsp3) is 0.725. The first-order valence-electron chi connectivity index (χ1n) is 31.7. The summed E-state index contributed by atoms with van der Waals surface area (Å²) >= 11 is 0. The van der Waals surface area contributed by atoms with Gasteiger partial charge in [0.1, 0.15) is 13.2 Å². The highest BCUT2D eigenvalue weighted by atomic mass is 16.6. The molecule has 0 fully saturated rings. The third kappa shape index (κ3) is 61.1. The molecule has 0 spiro atoms. The minimum absolute atomic E-state index is 0.0839. The van der Waals surface area contributed by atoms with Gasteiger partial charge in [-0.25, -0.2) is 0 Å². The second-order valence-corrected chi connectivity index (χ2v) is 20.9. The Morgan fingerprint density at radius 1 is 0.280 bits per heavy atom. The van der Waals surface area contributed by atoms with E-state index in [2.05, 4.69) is 118 Å². The highest BCUT2D eigenvalue weighted by Gasteiger charge is 2.19. The summed E-state index contributed by atoms with van der Waals surface area (Å²) in [5, 5.41) is 0. The molecule has 0 aliphatic heterocycles. The summed E-state index contributed by atoms with van der Waals surface area (Å²) in [5.74, 6) is -0.900. The average Bonchev–Trinajstić information content (AvgIpc) is 3.41. The van der Waals surface area contributed by atoms with Crippen molar-refractivity contribution in [2.45, 2.75) is 309 Å². The van der Waals surface area contributed by atoms with E-state index >= 15 is 0 Å². The Hall–Kier alpha value is -3.67. The molecule has 0 radical (unpaired) electrons. The molecule has 0 aliphatic rings. The van der Waals surface area contributed by atoms with Gasteiger partial charge >= 0.3 is 17.9 Å². The van der Waals surface area contributed by atoms with E-state index < -0.39 is 6.10 Å². The zero-order chi connectivity index (χ0) is 54.3. The highest BCUT2D eigenvalue weighted by Crippen LogP contribution is 2.16. The lowest BCUT2D eigenvalue weighted by Crippen LogP contribution is -2.30. The summed E-state index contributed by atoms with van der Waals surface area (Å²) in [6, 6.07) is 0. The van der Waals surface area contributed by atoms with Crippen LogP contribution in [0, 0.1) is 0 Å². The Labute approximate surface area is 464 Å². The molecule has 0 saturated carbocycles. The second kappa shape index (κ2) is 62.9. The number of hydrogen-bond acceptors (Lipinski definition) is 6. The van der Waals surface area contributed by atoms with E-state index in [-0.39, 0.29) is 31.1 Å². The van der Waals surface area contributed by atoms with E-state index in [1.165, 1.54) is 141 Å². The molecule has 430 valence electrons. The van der Waals surface area contributed by atoms with Gasteiger partial charge in [-0.3, -0.25) is 14.4 Å². The van der Waals surface area contributed by atoms with E-state index in [0.717, 1.165) is 122 Å². The van der Waals surface area contributed by atoms with Gasteiger partial charge in [0.2, 0.25) is 0 Å². The standard InChI is InChI=1S/C69H118O6/c1-4-7-10-13-16-19-22-25-27-28-29-30-31-32-33-34-35-36-37-38-39-40-41-42-43-45-47-50-53-56-59-62-68(71)74-65-66(64-73-67(70)61-58-55-52-49-46-24-21-18-15-12-9-6-3)75-69(72)63-60-57-54-51-48-44-26-23-20-17-14-11-8-5-2/h7,10,14,16-19,21,23,25-27,29-30,32-33,66H,4-6,8-9,11-13,15,20,22,24,28,31,34-65H2,1-3H3/b10-7-,17-14-,19-16-,21-18-,26-23-,27-25-,30-29-,33-32-. The monoisotopic (exact) mass is 1040 g/mol. The van der Waals surface area contributed by atoms with Crippen molar-refractivity contribution < 1.29 is 28.6 Å². The molecule has 0 N–H and O–H groups in total. The number of carbonyl (C=O) groups is 3. The topological polar surface area (TPSA) is 78.9 Å². The van der Waals surface area contributed by atoms with Crippen molar-refractivity contribution in [3.8, 4) is 0 Å². The summed E-state index contributed by atoms with van der Waals surface area (Å²) in [6.07, 6.45) is 84.2. The van der Waals surface area contributed by atoms with Crippen LogP contribution in [0.5, 0.6) is 0 Å². The molecule has 0 bridgehead atoms. The quantitative estimate of drug-likeness (QED) is 0.0261. The molecule has 0 aromatic rings. The Balaban J connectivity index is 4.18. The Kier molecular flexibility index (Phi) is 59.8. The van der Waals surface area contributed by atoms with Crippen LogP contribution in [0.1, 0.15) is 303 Å². The minimum atomic E-state index is -0.787. The predicted molar refractivity (Wildman–Crippen MR) is 325 cm³/mol. The fourth-order valence-electron chi connectivity index (χ4n) is 8.78. The van der Waals surface area contributed by atoms with Crippen LogP contribution in [0.4, 0.5) is 0 Å². The highest BCUT2D eigenvalue weighted by molar-refractivity contribution is 5.71. The van der Waals surface area contributed by atoms with Crippen LogP contribution in [0.15, 0.2) is 97.2 Å². The molecule has 0 aliphatic carbocycles. The Morgan fingerprint density at radius 2 is 0.533 bits per heavy atom. The third-order valence-electron chi connectivity index (χ3n) is 13.5. The molecule has 0 rings (SSSR count). The second-order valence-electron chi connectivity index (χ2n) is 20.9. The maximum absolute atomic E-state index is 12.8. The van der Waals surface area contributed by atoms with E-state index in [1.54, 1.807) is 0 Å². The SMILES string of the molecule is CC/C=C\C/C=C\C/C=C\C/C=C\C/C=C\CCCCCCCCCCCCCCCCCC(=O)OCC(COC(=O)CCCCCCC/C=C\CCCCC)OC(=O)CCCCCCC/C=C\C/C=C\CCCC. The van der Waals surface area contributed by atoms with Crippen LogP contribution >= 0.6 is 0 Å². The maximum Gasteiger partial charge on any atom is 0.306 e. The number of hydrogen-bond donors (Lipinski definition) is 0. The number of allylic oxidation sites excluding steroid dienone is 16. The summed E-state index contributed by atoms with van der Waals surface area (Å²) in [7, 11) is 0. The predicted octanol–water partition coefficient (Wildman–Crippen LogP) is 21.7. The van der Waals surface area contributed by atoms with Crippen LogP contribution in [-0.2, 0) is 28.6 Å². The van der Waals surface area contributed by atoms with Crippen LogP contribution in [-0.4, -0.2) is 37.2 Å². The van der Waals surface area contributed by atoms with Gasteiger partial charge in [0.25, 0.3) is 0 Å². The van der Waals surface area contributed by atoms with Crippen molar-refractivity contribution in [2.24, 2.45) is 0 Å². The van der Waals surface area contributed by atoms with Gasteiger partial charge < -0.3 is 14.2 Å². The number of unbranched alkanes of at least 4 members (excludes halogenated alkanes) is 30. The molecular formula is C69H118O6. The lowest BCUT2D eigenvalue weighted by atomic mass is 10.0. The normalized spacial score (nSPS) is 12.7. The first-order valence-corrected chi connectivity index (χ1v) is 31.7. The number of carbonyl (C=O) groups excluding carboxylic acids is 3. The molecule has 0 aromatic carbocycles. The van der Waals surface area contributed by atoms with Crippen molar-refractivity contribution in [1.29, 1.82) is 0 Å².